The smallest absolute Gasteiger partial charge is 0.189 e. The number of rotatable bonds is 4. The topological polar surface area (TPSA) is 34.6 Å². The van der Waals surface area contributed by atoms with Crippen molar-refractivity contribution in [2.75, 3.05) is 13.1 Å². The van der Waals surface area contributed by atoms with Crippen LogP contribution in [-0.2, 0) is 9.47 Å². The summed E-state index contributed by atoms with van der Waals surface area (Å²) in [4.78, 5) is 7.65. The van der Waals surface area contributed by atoms with Crippen LogP contribution in [0.1, 0.15) is 68.0 Å². The molecule has 0 bridgehead atoms. The highest BCUT2D eigenvalue weighted by atomic mass is 32.1. The quantitative estimate of drug-likeness (QED) is 0.651. The lowest BCUT2D eigenvalue weighted by atomic mass is 9.96. The van der Waals surface area contributed by atoms with Crippen LogP contribution in [0.2, 0.25) is 0 Å². The molecule has 1 saturated carbocycles. The molecule has 0 spiro atoms. The lowest BCUT2D eigenvalue weighted by Crippen LogP contribution is -2.39. The fourth-order valence-electron chi connectivity index (χ4n) is 4.76. The third-order valence-electron chi connectivity index (χ3n) is 6.39. The van der Waals surface area contributed by atoms with E-state index in [1.165, 1.54) is 62.2 Å². The summed E-state index contributed by atoms with van der Waals surface area (Å²) in [6.45, 7) is 2.45. The molecule has 0 unspecified atom stereocenters. The third-order valence-corrected chi connectivity index (χ3v) is 7.40. The maximum absolute atomic E-state index is 6.13. The van der Waals surface area contributed by atoms with Gasteiger partial charge in [-0.15, -0.1) is 11.3 Å². The van der Waals surface area contributed by atoms with Crippen LogP contribution in [0.3, 0.4) is 0 Å². The van der Waals surface area contributed by atoms with Crippen LogP contribution in [0.25, 0.3) is 5.76 Å². The van der Waals surface area contributed by atoms with Gasteiger partial charge in [-0.05, 0) is 57.2 Å². The van der Waals surface area contributed by atoms with Crippen molar-refractivity contribution in [2.24, 2.45) is 0 Å². The summed E-state index contributed by atoms with van der Waals surface area (Å²) in [7, 11) is 0. The molecule has 0 aromatic carbocycles. The van der Waals surface area contributed by atoms with E-state index in [4.69, 9.17) is 14.5 Å². The van der Waals surface area contributed by atoms with Gasteiger partial charge >= 0.3 is 0 Å². The van der Waals surface area contributed by atoms with Crippen LogP contribution in [-0.4, -0.2) is 29.0 Å². The summed E-state index contributed by atoms with van der Waals surface area (Å²) in [6, 6.07) is 0.847. The molecule has 5 rings (SSSR count). The van der Waals surface area contributed by atoms with Crippen molar-refractivity contribution in [1.29, 1.82) is 0 Å². The molecule has 1 aromatic rings. The SMILES string of the molecule is C1=CCCC(C2=COC=C(c3csc(C4CCN(C5CCCC5)CC4)n3)O2)=C1. The van der Waals surface area contributed by atoms with Gasteiger partial charge in [-0.2, -0.15) is 0 Å². The van der Waals surface area contributed by atoms with E-state index in [2.05, 4.69) is 28.5 Å². The molecule has 28 heavy (non-hydrogen) atoms. The van der Waals surface area contributed by atoms with Crippen LogP contribution in [0.15, 0.2) is 47.5 Å². The Bertz CT molecular complexity index is 821. The fraction of sp³-hybridized carbons (Fsp3) is 0.522. The van der Waals surface area contributed by atoms with Gasteiger partial charge in [0.05, 0.1) is 5.01 Å². The van der Waals surface area contributed by atoms with Gasteiger partial charge in [-0.25, -0.2) is 4.98 Å². The first-order chi connectivity index (χ1) is 13.9. The summed E-state index contributed by atoms with van der Waals surface area (Å²) in [5.74, 6) is 2.11. The lowest BCUT2D eigenvalue weighted by Gasteiger charge is -2.35. The normalized spacial score (nSPS) is 24.4. The summed E-state index contributed by atoms with van der Waals surface area (Å²) in [5.41, 5.74) is 2.08. The molecule has 4 aliphatic rings. The first-order valence-electron chi connectivity index (χ1n) is 10.7. The number of aromatic nitrogens is 1. The Balaban J connectivity index is 1.21. The molecule has 4 nitrogen and oxygen atoms in total. The largest absolute Gasteiger partial charge is 0.465 e. The number of hydrogen-bond acceptors (Lipinski definition) is 5. The summed E-state index contributed by atoms with van der Waals surface area (Å²) < 4.78 is 11.7. The highest BCUT2D eigenvalue weighted by Crippen LogP contribution is 2.36. The van der Waals surface area contributed by atoms with Crippen LogP contribution in [0.4, 0.5) is 0 Å². The molecular weight excluding hydrogens is 368 g/mol. The van der Waals surface area contributed by atoms with Gasteiger partial charge in [0.2, 0.25) is 0 Å². The Morgan fingerprint density at radius 3 is 2.64 bits per heavy atom. The van der Waals surface area contributed by atoms with Crippen molar-refractivity contribution in [2.45, 2.75) is 63.3 Å². The number of piperidine rings is 1. The standard InChI is InChI=1S/C23H28N2O2S/c1-2-6-17(7-3-1)21-14-26-15-22(27-21)20-16-28-23(24-20)18-10-12-25(13-11-18)19-8-4-5-9-19/h1-2,6,14-16,18-19H,3-5,7-13H2. The monoisotopic (exact) mass is 396 g/mol. The summed E-state index contributed by atoms with van der Waals surface area (Å²) in [6.07, 6.45) is 19.9. The molecule has 0 N–H and O–H groups in total. The average Bonchev–Trinajstić information content (AvgIpc) is 3.47. The second kappa shape index (κ2) is 8.26. The van der Waals surface area contributed by atoms with E-state index >= 15 is 0 Å². The minimum Gasteiger partial charge on any atom is -0.465 e. The number of thiazole rings is 1. The Labute approximate surface area is 171 Å². The second-order valence-electron chi connectivity index (χ2n) is 8.18. The van der Waals surface area contributed by atoms with Crippen molar-refractivity contribution in [3.05, 3.63) is 58.2 Å². The zero-order valence-corrected chi connectivity index (χ0v) is 17.1. The molecule has 2 fully saturated rings. The Morgan fingerprint density at radius 1 is 1.04 bits per heavy atom. The fourth-order valence-corrected chi connectivity index (χ4v) is 5.74. The number of allylic oxidation sites excluding steroid dienone is 4. The van der Waals surface area contributed by atoms with Crippen molar-refractivity contribution < 1.29 is 9.47 Å². The van der Waals surface area contributed by atoms with Gasteiger partial charge in [0.15, 0.2) is 11.5 Å². The number of likely N-dealkylation sites (tertiary alicyclic amines) is 1. The predicted molar refractivity (Wildman–Crippen MR) is 113 cm³/mol. The predicted octanol–water partition coefficient (Wildman–Crippen LogP) is 5.73. The highest BCUT2D eigenvalue weighted by Gasteiger charge is 2.29. The van der Waals surface area contributed by atoms with Gasteiger partial charge < -0.3 is 14.4 Å². The van der Waals surface area contributed by atoms with E-state index in [1.54, 1.807) is 23.9 Å². The van der Waals surface area contributed by atoms with Gasteiger partial charge in [-0.3, -0.25) is 0 Å². The average molecular weight is 397 g/mol. The van der Waals surface area contributed by atoms with E-state index in [-0.39, 0.29) is 0 Å². The van der Waals surface area contributed by atoms with Gasteiger partial charge in [0.1, 0.15) is 18.2 Å². The van der Waals surface area contributed by atoms with E-state index in [0.717, 1.165) is 36.1 Å². The molecule has 0 atom stereocenters. The van der Waals surface area contributed by atoms with Crippen LogP contribution < -0.4 is 0 Å². The van der Waals surface area contributed by atoms with E-state index in [9.17, 15) is 0 Å². The second-order valence-corrected chi connectivity index (χ2v) is 9.07. The molecule has 2 aliphatic heterocycles. The van der Waals surface area contributed by atoms with Crippen LogP contribution in [0.5, 0.6) is 0 Å². The van der Waals surface area contributed by atoms with Crippen molar-refractivity contribution in [1.82, 2.24) is 9.88 Å². The van der Waals surface area contributed by atoms with E-state index in [0.29, 0.717) is 5.92 Å². The number of hydrogen-bond donors (Lipinski definition) is 0. The minimum atomic E-state index is 0.586. The molecule has 1 aromatic heterocycles. The molecule has 0 radical (unpaired) electrons. The Kier molecular flexibility index (Phi) is 5.37. The van der Waals surface area contributed by atoms with Crippen molar-refractivity contribution >= 4 is 17.1 Å². The van der Waals surface area contributed by atoms with Crippen LogP contribution in [0, 0.1) is 0 Å². The third kappa shape index (κ3) is 3.83. The minimum absolute atomic E-state index is 0.586. The summed E-state index contributed by atoms with van der Waals surface area (Å²) in [5, 5.41) is 3.37. The molecule has 0 amide bonds. The Hall–Kier alpha value is -1.85. The lowest BCUT2D eigenvalue weighted by molar-refractivity contribution is 0.154. The first kappa shape index (κ1) is 18.2. The summed E-state index contributed by atoms with van der Waals surface area (Å²) >= 11 is 1.77. The molecule has 148 valence electrons. The maximum atomic E-state index is 6.13. The highest BCUT2D eigenvalue weighted by molar-refractivity contribution is 7.09. The number of nitrogens with zero attached hydrogens (tertiary/aromatic N) is 2. The van der Waals surface area contributed by atoms with Gasteiger partial charge in [0.25, 0.3) is 0 Å². The molecular formula is C23H28N2O2S. The van der Waals surface area contributed by atoms with E-state index < -0.39 is 0 Å². The first-order valence-corrected chi connectivity index (χ1v) is 11.5. The number of ether oxygens (including phenoxy) is 2. The zero-order chi connectivity index (χ0) is 18.8. The van der Waals surface area contributed by atoms with Crippen molar-refractivity contribution in [3.63, 3.8) is 0 Å². The molecule has 1 saturated heterocycles. The molecule has 2 aliphatic carbocycles. The van der Waals surface area contributed by atoms with Crippen LogP contribution >= 0.6 is 11.3 Å². The maximum Gasteiger partial charge on any atom is 0.189 e. The Morgan fingerprint density at radius 2 is 1.86 bits per heavy atom. The zero-order valence-electron chi connectivity index (χ0n) is 16.3. The van der Waals surface area contributed by atoms with E-state index in [1.807, 2.05) is 0 Å². The van der Waals surface area contributed by atoms with Crippen molar-refractivity contribution in [3.8, 4) is 0 Å². The molecule has 3 heterocycles. The molecule has 5 heteroatoms. The van der Waals surface area contributed by atoms with Gasteiger partial charge in [0, 0.05) is 17.3 Å². The van der Waals surface area contributed by atoms with Gasteiger partial charge in [-0.1, -0.05) is 31.1 Å².